The van der Waals surface area contributed by atoms with Gasteiger partial charge in [0.05, 0.1) is 23.5 Å². The number of carbonyl (C=O) groups excluding carboxylic acids is 2. The summed E-state index contributed by atoms with van der Waals surface area (Å²) < 4.78 is 49.3. The van der Waals surface area contributed by atoms with Gasteiger partial charge in [-0.3, -0.25) is 9.59 Å². The average Bonchev–Trinajstić information content (AvgIpc) is 3.62. The highest BCUT2D eigenvalue weighted by Gasteiger charge is 2.36. The van der Waals surface area contributed by atoms with Gasteiger partial charge in [-0.05, 0) is 54.8 Å². The number of esters is 1. The molecule has 5 rings (SSSR count). The maximum absolute atomic E-state index is 13.1. The Balaban J connectivity index is 1.17. The summed E-state index contributed by atoms with van der Waals surface area (Å²) in [6, 6.07) is 12.5. The van der Waals surface area contributed by atoms with Gasteiger partial charge in [-0.1, -0.05) is 23.7 Å². The minimum absolute atomic E-state index is 0.414. The first-order valence-electron chi connectivity index (χ1n) is 12.3. The van der Waals surface area contributed by atoms with Crippen LogP contribution >= 0.6 is 11.6 Å². The van der Waals surface area contributed by atoms with E-state index >= 15 is 0 Å². The van der Waals surface area contributed by atoms with E-state index in [1.54, 1.807) is 24.3 Å². The van der Waals surface area contributed by atoms with E-state index < -0.39 is 42.2 Å². The van der Waals surface area contributed by atoms with Crippen molar-refractivity contribution in [3.63, 3.8) is 0 Å². The summed E-state index contributed by atoms with van der Waals surface area (Å²) in [5.41, 5.74) is 0.681. The molecule has 4 heterocycles. The molecular weight excluding hydrogens is 537 g/mol. The minimum Gasteiger partial charge on any atom is -0.467 e. The third-order valence-corrected chi connectivity index (χ3v) is 7.03. The standard InChI is InChI=1S/C27H24ClF3N4O4/c28-20-6-3-17(4-7-20)21-14-22(23-2-1-13-38-23)35(33-21)25(36)16-39-26(37)18-9-11-34(12-10-18)24-8-5-19(15-32-24)27(29,30)31/h1-8,13,15,18,22H,9-12,14,16H2/t22-/m1/s1. The van der Waals surface area contributed by atoms with Crippen molar-refractivity contribution in [3.05, 3.63) is 82.9 Å². The van der Waals surface area contributed by atoms with Gasteiger partial charge in [-0.2, -0.15) is 18.3 Å². The number of anilines is 1. The molecule has 0 saturated carbocycles. The number of alkyl halides is 3. The van der Waals surface area contributed by atoms with Crippen molar-refractivity contribution < 1.29 is 31.9 Å². The summed E-state index contributed by atoms with van der Waals surface area (Å²) in [4.78, 5) is 31.5. The molecule has 0 bridgehead atoms. The number of ether oxygens (including phenoxy) is 1. The van der Waals surface area contributed by atoms with Gasteiger partial charge in [0.2, 0.25) is 0 Å². The number of hydrogen-bond acceptors (Lipinski definition) is 7. The third kappa shape index (κ3) is 6.08. The molecule has 39 heavy (non-hydrogen) atoms. The summed E-state index contributed by atoms with van der Waals surface area (Å²) in [6.07, 6.45) is -0.858. The Morgan fingerprint density at radius 1 is 1.08 bits per heavy atom. The summed E-state index contributed by atoms with van der Waals surface area (Å²) in [7, 11) is 0. The van der Waals surface area contributed by atoms with E-state index in [0.717, 1.165) is 17.8 Å². The van der Waals surface area contributed by atoms with Crippen LogP contribution in [0.4, 0.5) is 19.0 Å². The molecule has 12 heteroatoms. The van der Waals surface area contributed by atoms with Gasteiger partial charge >= 0.3 is 12.1 Å². The molecule has 8 nitrogen and oxygen atoms in total. The Labute approximate surface area is 227 Å². The van der Waals surface area contributed by atoms with Crippen molar-refractivity contribution in [1.29, 1.82) is 0 Å². The van der Waals surface area contributed by atoms with Crippen molar-refractivity contribution >= 4 is 35.0 Å². The minimum atomic E-state index is -4.45. The van der Waals surface area contributed by atoms with Crippen LogP contribution in [0, 0.1) is 5.92 Å². The Morgan fingerprint density at radius 3 is 2.44 bits per heavy atom. The number of furan rings is 1. The van der Waals surface area contributed by atoms with E-state index in [2.05, 4.69) is 10.1 Å². The van der Waals surface area contributed by atoms with Crippen LogP contribution in [-0.2, 0) is 20.5 Å². The summed E-state index contributed by atoms with van der Waals surface area (Å²) in [5, 5.41) is 6.37. The van der Waals surface area contributed by atoms with E-state index in [1.807, 2.05) is 17.0 Å². The van der Waals surface area contributed by atoms with Crippen LogP contribution < -0.4 is 4.90 Å². The molecule has 1 saturated heterocycles. The number of hydrazone groups is 1. The van der Waals surface area contributed by atoms with Gasteiger partial charge in [-0.15, -0.1) is 0 Å². The fourth-order valence-electron chi connectivity index (χ4n) is 4.66. The van der Waals surface area contributed by atoms with Gasteiger partial charge in [0.15, 0.2) is 6.61 Å². The quantitative estimate of drug-likeness (QED) is 0.371. The molecule has 1 amide bonds. The molecular formula is C27H24ClF3N4O4. The second kappa shape index (κ2) is 11.1. The molecule has 2 aliphatic rings. The first-order chi connectivity index (χ1) is 18.7. The lowest BCUT2D eigenvalue weighted by atomic mass is 9.97. The zero-order chi connectivity index (χ0) is 27.6. The number of pyridine rings is 1. The van der Waals surface area contributed by atoms with Gasteiger partial charge in [0, 0.05) is 30.7 Å². The van der Waals surface area contributed by atoms with Crippen LogP contribution in [0.3, 0.4) is 0 Å². The van der Waals surface area contributed by atoms with Gasteiger partial charge in [0.25, 0.3) is 5.91 Å². The van der Waals surface area contributed by atoms with Crippen molar-refractivity contribution in [2.24, 2.45) is 11.0 Å². The van der Waals surface area contributed by atoms with E-state index in [4.69, 9.17) is 20.8 Å². The smallest absolute Gasteiger partial charge is 0.417 e. The van der Waals surface area contributed by atoms with Crippen molar-refractivity contribution in [1.82, 2.24) is 9.99 Å². The normalized spacial score (nSPS) is 18.3. The fraction of sp³-hybridized carbons (Fsp3) is 0.333. The summed E-state index contributed by atoms with van der Waals surface area (Å²) in [6.45, 7) is 0.370. The number of halogens is 4. The van der Waals surface area contributed by atoms with Gasteiger partial charge < -0.3 is 14.1 Å². The molecule has 0 N–H and O–H groups in total. The molecule has 2 aromatic heterocycles. The van der Waals surface area contributed by atoms with E-state index in [1.165, 1.54) is 17.3 Å². The number of carbonyl (C=O) groups is 2. The first kappa shape index (κ1) is 26.7. The largest absolute Gasteiger partial charge is 0.467 e. The van der Waals surface area contributed by atoms with Crippen LogP contribution in [0.5, 0.6) is 0 Å². The lowest BCUT2D eigenvalue weighted by Crippen LogP contribution is -2.38. The van der Waals surface area contributed by atoms with Crippen molar-refractivity contribution in [2.75, 3.05) is 24.6 Å². The lowest BCUT2D eigenvalue weighted by Gasteiger charge is -2.31. The second-order valence-corrected chi connectivity index (χ2v) is 9.74. The number of nitrogens with zero attached hydrogens (tertiary/aromatic N) is 4. The number of amides is 1. The second-order valence-electron chi connectivity index (χ2n) is 9.30. The van der Waals surface area contributed by atoms with Crippen LogP contribution in [0.1, 0.15) is 42.2 Å². The van der Waals surface area contributed by atoms with Crippen LogP contribution in [0.2, 0.25) is 5.02 Å². The maximum atomic E-state index is 13.1. The molecule has 2 aliphatic heterocycles. The van der Waals surface area contributed by atoms with Gasteiger partial charge in [-0.25, -0.2) is 9.99 Å². The summed E-state index contributed by atoms with van der Waals surface area (Å²) in [5.74, 6) is -0.445. The Morgan fingerprint density at radius 2 is 1.82 bits per heavy atom. The average molecular weight is 561 g/mol. The highest BCUT2D eigenvalue weighted by molar-refractivity contribution is 6.30. The molecule has 3 aromatic rings. The SMILES string of the molecule is O=C(OCC(=O)N1N=C(c2ccc(Cl)cc2)C[C@@H]1c1ccco1)C1CCN(c2ccc(C(F)(F)F)cn2)CC1. The van der Waals surface area contributed by atoms with Gasteiger partial charge in [0.1, 0.15) is 17.6 Å². The zero-order valence-electron chi connectivity index (χ0n) is 20.6. The van der Waals surface area contributed by atoms with E-state index in [0.29, 0.717) is 54.7 Å². The number of benzene rings is 1. The van der Waals surface area contributed by atoms with E-state index in [-0.39, 0.29) is 0 Å². The lowest BCUT2D eigenvalue weighted by molar-refractivity contribution is -0.156. The number of piperidine rings is 1. The zero-order valence-corrected chi connectivity index (χ0v) is 21.4. The van der Waals surface area contributed by atoms with Crippen LogP contribution in [-0.4, -0.2) is 47.3 Å². The first-order valence-corrected chi connectivity index (χ1v) is 12.7. The van der Waals surface area contributed by atoms with Crippen molar-refractivity contribution in [2.45, 2.75) is 31.5 Å². The molecule has 1 aromatic carbocycles. The third-order valence-electron chi connectivity index (χ3n) is 6.78. The molecule has 1 fully saturated rings. The Hall–Kier alpha value is -3.86. The maximum Gasteiger partial charge on any atom is 0.417 e. The number of hydrogen-bond donors (Lipinski definition) is 0. The monoisotopic (exact) mass is 560 g/mol. The van der Waals surface area contributed by atoms with Crippen LogP contribution in [0.15, 0.2) is 70.5 Å². The molecule has 0 unspecified atom stereocenters. The number of aromatic nitrogens is 1. The molecule has 204 valence electrons. The van der Waals surface area contributed by atoms with Crippen LogP contribution in [0.25, 0.3) is 0 Å². The Bertz CT molecular complexity index is 1340. The van der Waals surface area contributed by atoms with Crippen molar-refractivity contribution in [3.8, 4) is 0 Å². The molecule has 1 atom stereocenters. The summed E-state index contributed by atoms with van der Waals surface area (Å²) >= 11 is 5.99. The highest BCUT2D eigenvalue weighted by Crippen LogP contribution is 2.34. The highest BCUT2D eigenvalue weighted by atomic mass is 35.5. The number of rotatable bonds is 6. The van der Waals surface area contributed by atoms with E-state index in [9.17, 15) is 22.8 Å². The Kier molecular flexibility index (Phi) is 7.60. The topological polar surface area (TPSA) is 88.2 Å². The predicted octanol–water partition coefficient (Wildman–Crippen LogP) is 5.48. The molecule has 0 aliphatic carbocycles. The molecule has 0 spiro atoms. The fourth-order valence-corrected chi connectivity index (χ4v) is 4.79. The molecule has 0 radical (unpaired) electrons. The predicted molar refractivity (Wildman–Crippen MR) is 136 cm³/mol.